The number of carboxylic acid groups (broad SMARTS) is 1. The molecule has 1 amide bonds. The average molecular weight is 245 g/mol. The molecule has 0 aromatic heterocycles. The zero-order valence-corrected chi connectivity index (χ0v) is 7.21. The maximum Gasteiger partial charge on any atom is 0.322 e. The lowest BCUT2D eigenvalue weighted by Gasteiger charge is -1.92. The molecule has 0 saturated heterocycles. The van der Waals surface area contributed by atoms with Gasteiger partial charge in [-0.1, -0.05) is 0 Å². The van der Waals surface area contributed by atoms with Gasteiger partial charge in [0, 0.05) is 6.92 Å². The van der Waals surface area contributed by atoms with Crippen molar-refractivity contribution in [1.82, 2.24) is 5.32 Å². The molecule has 0 aliphatic rings. The molecule has 0 spiro atoms. The first kappa shape index (κ1) is 11.5. The Labute approximate surface area is 69.6 Å². The molecule has 9 heavy (non-hydrogen) atoms. The van der Waals surface area contributed by atoms with Crippen molar-refractivity contribution in [3.05, 3.63) is 0 Å². The molecule has 0 atom stereocenters. The fourth-order valence-electron chi connectivity index (χ4n) is 0.200. The summed E-state index contributed by atoms with van der Waals surface area (Å²) in [5.41, 5.74) is 0. The lowest BCUT2D eigenvalue weighted by atomic mass is 10.6. The van der Waals surface area contributed by atoms with Gasteiger partial charge in [-0.15, -0.1) is 24.0 Å². The van der Waals surface area contributed by atoms with Gasteiger partial charge in [-0.2, -0.15) is 0 Å². The smallest absolute Gasteiger partial charge is 0.322 e. The van der Waals surface area contributed by atoms with Gasteiger partial charge in [0.15, 0.2) is 0 Å². The van der Waals surface area contributed by atoms with Crippen LogP contribution in [0.25, 0.3) is 0 Å². The SMILES string of the molecule is CC(=O)NCC(=O)O.I. The normalized spacial score (nSPS) is 7.22. The van der Waals surface area contributed by atoms with Crippen molar-refractivity contribution in [1.29, 1.82) is 0 Å². The largest absolute Gasteiger partial charge is 0.480 e. The summed E-state index contributed by atoms with van der Waals surface area (Å²) in [5, 5.41) is 10.1. The standard InChI is InChI=1S/C4H7NO3.HI/c1-3(6)5-2-4(7)8;/h2H2,1H3,(H,5,6)(H,7,8);1H. The molecule has 0 aliphatic carbocycles. The minimum Gasteiger partial charge on any atom is -0.480 e. The first-order valence-corrected chi connectivity index (χ1v) is 2.09. The van der Waals surface area contributed by atoms with Crippen LogP contribution in [0.1, 0.15) is 6.92 Å². The predicted molar refractivity (Wildman–Crippen MR) is 41.7 cm³/mol. The number of carbonyl (C=O) groups excluding carboxylic acids is 1. The fourth-order valence-corrected chi connectivity index (χ4v) is 0.200. The Morgan fingerprint density at radius 1 is 1.56 bits per heavy atom. The predicted octanol–water partition coefficient (Wildman–Crippen LogP) is -0.175. The van der Waals surface area contributed by atoms with Crippen LogP contribution < -0.4 is 5.32 Å². The van der Waals surface area contributed by atoms with Crippen LogP contribution in [-0.4, -0.2) is 23.5 Å². The maximum absolute atomic E-state index is 9.97. The minimum absolute atomic E-state index is 0. The zero-order valence-electron chi connectivity index (χ0n) is 4.88. The molecule has 0 heterocycles. The van der Waals surface area contributed by atoms with E-state index >= 15 is 0 Å². The van der Waals surface area contributed by atoms with Gasteiger partial charge < -0.3 is 10.4 Å². The Morgan fingerprint density at radius 3 is 2.11 bits per heavy atom. The molecule has 0 bridgehead atoms. The van der Waals surface area contributed by atoms with E-state index in [-0.39, 0.29) is 36.4 Å². The Morgan fingerprint density at radius 2 is 2.00 bits per heavy atom. The molecule has 54 valence electrons. The molecule has 4 nitrogen and oxygen atoms in total. The van der Waals surface area contributed by atoms with E-state index in [0.717, 1.165) is 0 Å². The Kier molecular flexibility index (Phi) is 7.39. The molecule has 0 saturated carbocycles. The van der Waals surface area contributed by atoms with Crippen LogP contribution in [0, 0.1) is 0 Å². The summed E-state index contributed by atoms with van der Waals surface area (Å²) in [6.45, 7) is 0.971. The van der Waals surface area contributed by atoms with Crippen molar-refractivity contribution in [3.63, 3.8) is 0 Å². The minimum atomic E-state index is -1.03. The van der Waals surface area contributed by atoms with Gasteiger partial charge >= 0.3 is 5.97 Å². The highest BCUT2D eigenvalue weighted by molar-refractivity contribution is 14.0. The maximum atomic E-state index is 9.97. The quantitative estimate of drug-likeness (QED) is 0.663. The molecule has 0 radical (unpaired) electrons. The summed E-state index contributed by atoms with van der Waals surface area (Å²) < 4.78 is 0. The topological polar surface area (TPSA) is 66.4 Å². The number of halogens is 1. The van der Waals surface area contributed by atoms with E-state index in [9.17, 15) is 9.59 Å². The summed E-state index contributed by atoms with van der Waals surface area (Å²) in [7, 11) is 0. The van der Waals surface area contributed by atoms with Crippen LogP contribution in [0.15, 0.2) is 0 Å². The number of carboxylic acids is 1. The number of amides is 1. The first-order valence-electron chi connectivity index (χ1n) is 2.09. The van der Waals surface area contributed by atoms with Gasteiger partial charge in [-0.05, 0) is 0 Å². The second kappa shape index (κ2) is 5.80. The number of aliphatic carboxylic acids is 1. The molecule has 0 aromatic rings. The molecular weight excluding hydrogens is 237 g/mol. The number of hydrogen-bond donors (Lipinski definition) is 2. The van der Waals surface area contributed by atoms with Crippen LogP contribution in [0.4, 0.5) is 0 Å². The number of carbonyl (C=O) groups is 2. The molecule has 2 N–H and O–H groups in total. The van der Waals surface area contributed by atoms with Crippen molar-refractivity contribution < 1.29 is 14.7 Å². The molecule has 0 fully saturated rings. The van der Waals surface area contributed by atoms with E-state index in [4.69, 9.17) is 5.11 Å². The van der Waals surface area contributed by atoms with E-state index in [1.807, 2.05) is 0 Å². The lowest BCUT2D eigenvalue weighted by Crippen LogP contribution is -2.26. The fraction of sp³-hybridized carbons (Fsp3) is 0.500. The third-order valence-corrected chi connectivity index (χ3v) is 0.489. The Hall–Kier alpha value is -0.330. The summed E-state index contributed by atoms with van der Waals surface area (Å²) >= 11 is 0. The number of hydrogen-bond acceptors (Lipinski definition) is 2. The van der Waals surface area contributed by atoms with Crippen LogP contribution in [0.2, 0.25) is 0 Å². The molecule has 0 aliphatic heterocycles. The van der Waals surface area contributed by atoms with Gasteiger partial charge in [0.25, 0.3) is 0 Å². The molecular formula is C4H8INO3. The van der Waals surface area contributed by atoms with Crippen LogP contribution in [0.3, 0.4) is 0 Å². The first-order chi connectivity index (χ1) is 3.63. The van der Waals surface area contributed by atoms with Crippen molar-refractivity contribution >= 4 is 35.9 Å². The average Bonchev–Trinajstić information content (AvgIpc) is 1.61. The van der Waals surface area contributed by atoms with E-state index in [1.54, 1.807) is 0 Å². The van der Waals surface area contributed by atoms with Crippen molar-refractivity contribution in [2.45, 2.75) is 6.92 Å². The van der Waals surface area contributed by atoms with Crippen molar-refractivity contribution in [3.8, 4) is 0 Å². The van der Waals surface area contributed by atoms with Gasteiger partial charge in [0.2, 0.25) is 5.91 Å². The third kappa shape index (κ3) is 11.3. The highest BCUT2D eigenvalue weighted by Crippen LogP contribution is 1.60. The van der Waals surface area contributed by atoms with Crippen molar-refractivity contribution in [2.24, 2.45) is 0 Å². The lowest BCUT2D eigenvalue weighted by molar-refractivity contribution is -0.137. The third-order valence-electron chi connectivity index (χ3n) is 0.489. The van der Waals surface area contributed by atoms with Crippen LogP contribution in [-0.2, 0) is 9.59 Å². The van der Waals surface area contributed by atoms with E-state index in [1.165, 1.54) is 6.92 Å². The van der Waals surface area contributed by atoms with Gasteiger partial charge in [0.1, 0.15) is 6.54 Å². The second-order valence-electron chi connectivity index (χ2n) is 1.30. The number of rotatable bonds is 2. The summed E-state index contributed by atoms with van der Waals surface area (Å²) in [5.74, 6) is -1.35. The summed E-state index contributed by atoms with van der Waals surface area (Å²) in [6, 6.07) is 0. The molecule has 0 rings (SSSR count). The van der Waals surface area contributed by atoms with E-state index in [2.05, 4.69) is 5.32 Å². The van der Waals surface area contributed by atoms with E-state index in [0.29, 0.717) is 0 Å². The highest BCUT2D eigenvalue weighted by atomic mass is 127. The molecule has 5 heteroatoms. The van der Waals surface area contributed by atoms with Gasteiger partial charge in [0.05, 0.1) is 0 Å². The number of nitrogens with one attached hydrogen (secondary N) is 1. The summed E-state index contributed by atoms with van der Waals surface area (Å²) in [4.78, 5) is 19.7. The van der Waals surface area contributed by atoms with Gasteiger partial charge in [-0.3, -0.25) is 9.59 Å². The van der Waals surface area contributed by atoms with Crippen LogP contribution in [0.5, 0.6) is 0 Å². The van der Waals surface area contributed by atoms with E-state index < -0.39 is 5.97 Å². The monoisotopic (exact) mass is 245 g/mol. The zero-order chi connectivity index (χ0) is 6.57. The molecule has 0 aromatic carbocycles. The van der Waals surface area contributed by atoms with Gasteiger partial charge in [-0.25, -0.2) is 0 Å². The van der Waals surface area contributed by atoms with Crippen molar-refractivity contribution in [2.75, 3.05) is 6.54 Å². The second-order valence-corrected chi connectivity index (χ2v) is 1.30. The Bertz CT molecular complexity index is 100. The highest BCUT2D eigenvalue weighted by Gasteiger charge is 1.94. The van der Waals surface area contributed by atoms with Crippen LogP contribution >= 0.6 is 24.0 Å². The summed E-state index contributed by atoms with van der Waals surface area (Å²) in [6.07, 6.45) is 0. The Balaban J connectivity index is 0. The molecule has 0 unspecified atom stereocenters.